The Bertz CT molecular complexity index is 672. The van der Waals surface area contributed by atoms with E-state index in [1.54, 1.807) is 22.6 Å². The van der Waals surface area contributed by atoms with Crippen molar-refractivity contribution < 1.29 is 37.0 Å². The summed E-state index contributed by atoms with van der Waals surface area (Å²) < 4.78 is 50.5. The summed E-state index contributed by atoms with van der Waals surface area (Å²) in [6, 6.07) is 3.69. The second kappa shape index (κ2) is 6.02. The molecule has 0 saturated carbocycles. The zero-order valence-electron chi connectivity index (χ0n) is 11.9. The molecule has 1 fully saturated rings. The molecule has 5 nitrogen and oxygen atoms in total. The van der Waals surface area contributed by atoms with E-state index < -0.39 is 24.1 Å². The summed E-state index contributed by atoms with van der Waals surface area (Å²) in [6.07, 6.45) is -3.62. The van der Waals surface area contributed by atoms with Gasteiger partial charge >= 0.3 is 18.3 Å². The van der Waals surface area contributed by atoms with Crippen LogP contribution in [0.2, 0.25) is 0 Å². The number of cyclic esters (lactones) is 2. The first-order chi connectivity index (χ1) is 10.5. The predicted molar refractivity (Wildman–Crippen MR) is 80.1 cm³/mol. The van der Waals surface area contributed by atoms with Crippen molar-refractivity contribution in [2.24, 2.45) is 0 Å². The number of hydrogen-bond donors (Lipinski definition) is 0. The van der Waals surface area contributed by atoms with Crippen LogP contribution in [0.15, 0.2) is 23.8 Å². The van der Waals surface area contributed by atoms with Crippen LogP contribution in [0, 0.1) is 3.57 Å². The van der Waals surface area contributed by atoms with Gasteiger partial charge in [0.25, 0.3) is 5.79 Å². The molecule has 0 spiro atoms. The Morgan fingerprint density at radius 1 is 1.17 bits per heavy atom. The molecule has 0 aromatic heterocycles. The monoisotopic (exact) mass is 442 g/mol. The molecule has 1 heterocycles. The minimum absolute atomic E-state index is 0.159. The SMILES string of the molecule is CC1(C)OC(=O)C(=Cc2ccc(OC(F)(F)F)c(I)c2)C(=O)O1. The Labute approximate surface area is 142 Å². The van der Waals surface area contributed by atoms with Gasteiger partial charge in [-0.05, 0) is 46.4 Å². The molecule has 2 rings (SSSR count). The normalized spacial score (nSPS) is 17.4. The molecule has 1 aliphatic rings. The van der Waals surface area contributed by atoms with Gasteiger partial charge in [0.05, 0.1) is 3.57 Å². The van der Waals surface area contributed by atoms with Crippen molar-refractivity contribution >= 4 is 40.6 Å². The highest BCUT2D eigenvalue weighted by atomic mass is 127. The molecular weight excluding hydrogens is 432 g/mol. The van der Waals surface area contributed by atoms with Gasteiger partial charge in [-0.1, -0.05) is 6.07 Å². The summed E-state index contributed by atoms with van der Waals surface area (Å²) in [6.45, 7) is 2.82. The molecule has 23 heavy (non-hydrogen) atoms. The highest BCUT2D eigenvalue weighted by Gasteiger charge is 2.39. The fourth-order valence-electron chi connectivity index (χ4n) is 1.76. The summed E-state index contributed by atoms with van der Waals surface area (Å²) in [5, 5.41) is 0. The molecule has 0 amide bonds. The van der Waals surface area contributed by atoms with Crippen LogP contribution in [0.3, 0.4) is 0 Å². The zero-order chi connectivity index (χ0) is 17.4. The van der Waals surface area contributed by atoms with Crippen LogP contribution in [-0.2, 0) is 19.1 Å². The number of alkyl halides is 3. The van der Waals surface area contributed by atoms with E-state index in [1.807, 2.05) is 0 Å². The standard InChI is InChI=1S/C14H10F3IO5/c1-13(2)22-11(19)8(12(20)23-13)5-7-3-4-10(9(18)6-7)21-14(15,16)17/h3-6H,1-2H3. The third-order valence-corrected chi connectivity index (χ3v) is 3.45. The Kier molecular flexibility index (Phi) is 4.60. The summed E-state index contributed by atoms with van der Waals surface area (Å²) in [5.41, 5.74) is -0.0165. The van der Waals surface area contributed by atoms with E-state index in [2.05, 4.69) is 4.74 Å². The number of ether oxygens (including phenoxy) is 3. The maximum absolute atomic E-state index is 12.2. The van der Waals surface area contributed by atoms with Gasteiger partial charge in [0.15, 0.2) is 0 Å². The topological polar surface area (TPSA) is 61.8 Å². The van der Waals surface area contributed by atoms with E-state index in [1.165, 1.54) is 32.1 Å². The van der Waals surface area contributed by atoms with Crippen molar-refractivity contribution in [1.82, 2.24) is 0 Å². The molecule has 0 bridgehead atoms. The van der Waals surface area contributed by atoms with Crippen molar-refractivity contribution in [3.63, 3.8) is 0 Å². The lowest BCUT2D eigenvalue weighted by molar-refractivity contribution is -0.275. The van der Waals surface area contributed by atoms with Crippen LogP contribution in [-0.4, -0.2) is 24.1 Å². The van der Waals surface area contributed by atoms with E-state index in [9.17, 15) is 22.8 Å². The Morgan fingerprint density at radius 3 is 2.22 bits per heavy atom. The first-order valence-electron chi connectivity index (χ1n) is 6.20. The molecule has 0 aliphatic carbocycles. The highest BCUT2D eigenvalue weighted by Crippen LogP contribution is 2.30. The number of hydrogen-bond acceptors (Lipinski definition) is 5. The second-order valence-electron chi connectivity index (χ2n) is 4.97. The van der Waals surface area contributed by atoms with Crippen molar-refractivity contribution in [3.8, 4) is 5.75 Å². The Hall–Kier alpha value is -1.78. The largest absolute Gasteiger partial charge is 0.573 e. The van der Waals surface area contributed by atoms with Crippen LogP contribution in [0.25, 0.3) is 6.08 Å². The van der Waals surface area contributed by atoms with E-state index in [4.69, 9.17) is 9.47 Å². The van der Waals surface area contributed by atoms with Crippen LogP contribution in [0.5, 0.6) is 5.75 Å². The third-order valence-electron chi connectivity index (χ3n) is 2.61. The second-order valence-corrected chi connectivity index (χ2v) is 6.14. The Balaban J connectivity index is 2.28. The van der Waals surface area contributed by atoms with E-state index >= 15 is 0 Å². The number of rotatable bonds is 2. The lowest BCUT2D eigenvalue weighted by Gasteiger charge is -2.29. The van der Waals surface area contributed by atoms with Gasteiger partial charge in [0.2, 0.25) is 0 Å². The van der Waals surface area contributed by atoms with Gasteiger partial charge in [-0.25, -0.2) is 9.59 Å². The summed E-state index contributed by atoms with van der Waals surface area (Å²) in [7, 11) is 0. The molecule has 124 valence electrons. The molecule has 1 saturated heterocycles. The van der Waals surface area contributed by atoms with Crippen LogP contribution in [0.1, 0.15) is 19.4 Å². The molecule has 0 radical (unpaired) electrons. The minimum Gasteiger partial charge on any atom is -0.419 e. The van der Waals surface area contributed by atoms with Crippen molar-refractivity contribution in [3.05, 3.63) is 32.9 Å². The van der Waals surface area contributed by atoms with Crippen LogP contribution < -0.4 is 4.74 Å². The maximum atomic E-state index is 12.2. The molecule has 0 N–H and O–H groups in total. The summed E-state index contributed by atoms with van der Waals surface area (Å²) >= 11 is 1.65. The molecule has 1 aliphatic heterocycles. The van der Waals surface area contributed by atoms with Gasteiger partial charge in [0.1, 0.15) is 11.3 Å². The lowest BCUT2D eigenvalue weighted by Crippen LogP contribution is -2.41. The van der Waals surface area contributed by atoms with Gasteiger partial charge in [-0.3, -0.25) is 0 Å². The average Bonchev–Trinajstić information content (AvgIpc) is 2.34. The van der Waals surface area contributed by atoms with Crippen LogP contribution >= 0.6 is 22.6 Å². The fraction of sp³-hybridized carbons (Fsp3) is 0.286. The van der Waals surface area contributed by atoms with Crippen LogP contribution in [0.4, 0.5) is 13.2 Å². The third kappa shape index (κ3) is 4.60. The number of carbonyl (C=O) groups excluding carboxylic acids is 2. The molecule has 1 aromatic carbocycles. The number of carbonyl (C=O) groups is 2. The minimum atomic E-state index is -4.80. The van der Waals surface area contributed by atoms with E-state index in [0.29, 0.717) is 5.56 Å². The zero-order valence-corrected chi connectivity index (χ0v) is 14.0. The smallest absolute Gasteiger partial charge is 0.419 e. The first-order valence-corrected chi connectivity index (χ1v) is 7.28. The number of halogens is 4. The molecule has 9 heteroatoms. The average molecular weight is 442 g/mol. The van der Waals surface area contributed by atoms with E-state index in [0.717, 1.165) is 6.07 Å². The van der Waals surface area contributed by atoms with Crippen molar-refractivity contribution in [1.29, 1.82) is 0 Å². The number of esters is 2. The maximum Gasteiger partial charge on any atom is 0.573 e. The molecule has 1 aromatic rings. The lowest BCUT2D eigenvalue weighted by atomic mass is 10.1. The predicted octanol–water partition coefficient (Wildman–Crippen LogP) is 3.41. The fourth-order valence-corrected chi connectivity index (χ4v) is 2.41. The highest BCUT2D eigenvalue weighted by molar-refractivity contribution is 14.1. The van der Waals surface area contributed by atoms with E-state index in [-0.39, 0.29) is 14.9 Å². The van der Waals surface area contributed by atoms with Gasteiger partial charge in [0, 0.05) is 13.8 Å². The quantitative estimate of drug-likeness (QED) is 0.304. The molecule has 0 atom stereocenters. The number of benzene rings is 1. The Morgan fingerprint density at radius 2 is 1.74 bits per heavy atom. The van der Waals surface area contributed by atoms with Crippen molar-refractivity contribution in [2.75, 3.05) is 0 Å². The van der Waals surface area contributed by atoms with Gasteiger partial charge in [-0.15, -0.1) is 13.2 Å². The molecule has 0 unspecified atom stereocenters. The molecular formula is C14H10F3IO5. The van der Waals surface area contributed by atoms with Gasteiger partial charge in [-0.2, -0.15) is 0 Å². The van der Waals surface area contributed by atoms with Gasteiger partial charge < -0.3 is 14.2 Å². The summed E-state index contributed by atoms with van der Waals surface area (Å²) in [4.78, 5) is 23.6. The first kappa shape index (κ1) is 17.6. The summed E-state index contributed by atoms with van der Waals surface area (Å²) in [5.74, 6) is -3.46. The van der Waals surface area contributed by atoms with Crippen molar-refractivity contribution in [2.45, 2.75) is 26.0 Å².